The van der Waals surface area contributed by atoms with Crippen molar-refractivity contribution in [2.75, 3.05) is 20.8 Å². The van der Waals surface area contributed by atoms with Crippen molar-refractivity contribution < 1.29 is 19.1 Å². The minimum atomic E-state index is -0.586. The van der Waals surface area contributed by atoms with Gasteiger partial charge in [0.05, 0.1) is 7.11 Å². The fourth-order valence-corrected chi connectivity index (χ4v) is 3.36. The van der Waals surface area contributed by atoms with Gasteiger partial charge in [0.1, 0.15) is 17.5 Å². The Morgan fingerprint density at radius 2 is 1.83 bits per heavy atom. The Bertz CT molecular complexity index is 851. The molecule has 0 fully saturated rings. The van der Waals surface area contributed by atoms with Gasteiger partial charge in [-0.1, -0.05) is 51.1 Å². The average molecular weight is 413 g/mol. The highest BCUT2D eigenvalue weighted by atomic mass is 16.5. The minimum Gasteiger partial charge on any atom is -0.497 e. The molecule has 0 aliphatic heterocycles. The summed E-state index contributed by atoms with van der Waals surface area (Å²) in [5.41, 5.74) is 1.93. The first kappa shape index (κ1) is 23.3. The number of rotatable bonds is 10. The summed E-state index contributed by atoms with van der Waals surface area (Å²) in [6.45, 7) is 6.20. The summed E-state index contributed by atoms with van der Waals surface area (Å²) in [6.07, 6.45) is 0.498. The molecule has 2 rings (SSSR count). The van der Waals surface area contributed by atoms with Gasteiger partial charge in [-0.3, -0.25) is 9.59 Å². The van der Waals surface area contributed by atoms with Crippen LogP contribution in [0.4, 0.5) is 0 Å². The Hall–Kier alpha value is -3.02. The lowest BCUT2D eigenvalue weighted by molar-refractivity contribution is -0.142. The van der Waals surface area contributed by atoms with Crippen LogP contribution < -0.4 is 14.8 Å². The SMILES string of the molecule is CCC(C(=O)NC)N(Cc1cccc(OC)c1)C(=O)COc1ccccc1C(C)C. The van der Waals surface area contributed by atoms with E-state index < -0.39 is 6.04 Å². The number of nitrogens with one attached hydrogen (secondary N) is 1. The van der Waals surface area contributed by atoms with E-state index in [0.29, 0.717) is 17.9 Å². The first-order valence-electron chi connectivity index (χ1n) is 10.3. The average Bonchev–Trinajstić information content (AvgIpc) is 2.77. The number of nitrogens with zero attached hydrogens (tertiary/aromatic N) is 1. The topological polar surface area (TPSA) is 67.9 Å². The van der Waals surface area contributed by atoms with Crippen LogP contribution in [0, 0.1) is 0 Å². The molecule has 0 aliphatic rings. The Morgan fingerprint density at radius 1 is 1.10 bits per heavy atom. The zero-order valence-electron chi connectivity index (χ0n) is 18.5. The molecule has 1 atom stereocenters. The van der Waals surface area contributed by atoms with Gasteiger partial charge in [-0.05, 0) is 41.7 Å². The Morgan fingerprint density at radius 3 is 2.47 bits per heavy atom. The standard InChI is InChI=1S/C24H32N2O4/c1-6-21(24(28)25-4)26(15-18-10-9-11-19(14-18)29-5)23(27)16-30-22-13-8-7-12-20(22)17(2)3/h7-14,17,21H,6,15-16H2,1-5H3,(H,25,28). The Labute approximate surface area is 179 Å². The van der Waals surface area contributed by atoms with E-state index in [1.807, 2.05) is 55.5 Å². The molecule has 2 aromatic rings. The Balaban J connectivity index is 2.24. The van der Waals surface area contributed by atoms with Gasteiger partial charge in [0.15, 0.2) is 6.61 Å². The van der Waals surface area contributed by atoms with E-state index in [1.165, 1.54) is 0 Å². The van der Waals surface area contributed by atoms with Crippen molar-refractivity contribution in [2.24, 2.45) is 0 Å². The molecule has 2 aromatic carbocycles. The van der Waals surface area contributed by atoms with Crippen LogP contribution in [0.25, 0.3) is 0 Å². The monoisotopic (exact) mass is 412 g/mol. The van der Waals surface area contributed by atoms with Crippen molar-refractivity contribution in [3.05, 3.63) is 59.7 Å². The van der Waals surface area contributed by atoms with E-state index in [-0.39, 0.29) is 30.9 Å². The van der Waals surface area contributed by atoms with Crippen LogP contribution in [0.3, 0.4) is 0 Å². The number of hydrogen-bond donors (Lipinski definition) is 1. The molecular weight excluding hydrogens is 380 g/mol. The second-order valence-electron chi connectivity index (χ2n) is 7.39. The van der Waals surface area contributed by atoms with Crippen molar-refractivity contribution in [2.45, 2.75) is 45.7 Å². The van der Waals surface area contributed by atoms with Crippen LogP contribution in [0.15, 0.2) is 48.5 Å². The van der Waals surface area contributed by atoms with Crippen molar-refractivity contribution in [3.63, 3.8) is 0 Å². The second-order valence-corrected chi connectivity index (χ2v) is 7.39. The smallest absolute Gasteiger partial charge is 0.261 e. The van der Waals surface area contributed by atoms with Gasteiger partial charge < -0.3 is 19.7 Å². The van der Waals surface area contributed by atoms with Gasteiger partial charge in [0, 0.05) is 13.6 Å². The van der Waals surface area contributed by atoms with Gasteiger partial charge in [-0.15, -0.1) is 0 Å². The maximum atomic E-state index is 13.2. The Kier molecular flexibility index (Phi) is 8.71. The lowest BCUT2D eigenvalue weighted by Gasteiger charge is -2.30. The van der Waals surface area contributed by atoms with E-state index in [0.717, 1.165) is 11.1 Å². The molecule has 0 aliphatic carbocycles. The second kappa shape index (κ2) is 11.2. The number of benzene rings is 2. The molecule has 0 heterocycles. The quantitative estimate of drug-likeness (QED) is 0.645. The zero-order chi connectivity index (χ0) is 22.1. The van der Waals surface area contributed by atoms with Crippen molar-refractivity contribution in [1.29, 1.82) is 0 Å². The summed E-state index contributed by atoms with van der Waals surface area (Å²) in [4.78, 5) is 27.2. The molecule has 6 heteroatoms. The highest BCUT2D eigenvalue weighted by Gasteiger charge is 2.28. The molecule has 2 amide bonds. The fourth-order valence-electron chi connectivity index (χ4n) is 3.36. The normalized spacial score (nSPS) is 11.7. The predicted octanol–water partition coefficient (Wildman–Crippen LogP) is 3.75. The molecule has 0 saturated carbocycles. The maximum Gasteiger partial charge on any atom is 0.261 e. The molecule has 1 unspecified atom stereocenters. The largest absolute Gasteiger partial charge is 0.497 e. The van der Waals surface area contributed by atoms with Gasteiger partial charge in [0.25, 0.3) is 5.91 Å². The molecule has 0 bridgehead atoms. The summed E-state index contributed by atoms with van der Waals surface area (Å²) in [5, 5.41) is 2.66. The van der Waals surface area contributed by atoms with E-state index in [2.05, 4.69) is 19.2 Å². The van der Waals surface area contributed by atoms with Crippen LogP contribution in [0.2, 0.25) is 0 Å². The number of hydrogen-bond acceptors (Lipinski definition) is 4. The van der Waals surface area contributed by atoms with Crippen LogP contribution in [-0.4, -0.2) is 43.5 Å². The fraction of sp³-hybridized carbons (Fsp3) is 0.417. The molecule has 0 aromatic heterocycles. The number of likely N-dealkylation sites (N-methyl/N-ethyl adjacent to an activating group) is 1. The van der Waals surface area contributed by atoms with Gasteiger partial charge in [0.2, 0.25) is 5.91 Å². The summed E-state index contributed by atoms with van der Waals surface area (Å²) < 4.78 is 11.2. The molecule has 0 spiro atoms. The number of para-hydroxylation sites is 1. The minimum absolute atomic E-state index is 0.138. The van der Waals surface area contributed by atoms with Crippen LogP contribution in [0.5, 0.6) is 11.5 Å². The summed E-state index contributed by atoms with van der Waals surface area (Å²) >= 11 is 0. The molecule has 30 heavy (non-hydrogen) atoms. The maximum absolute atomic E-state index is 13.2. The molecule has 0 radical (unpaired) electrons. The highest BCUT2D eigenvalue weighted by molar-refractivity contribution is 5.88. The molecule has 1 N–H and O–H groups in total. The van der Waals surface area contributed by atoms with Crippen LogP contribution >= 0.6 is 0 Å². The van der Waals surface area contributed by atoms with E-state index in [9.17, 15) is 9.59 Å². The zero-order valence-corrected chi connectivity index (χ0v) is 18.5. The molecule has 0 saturated heterocycles. The van der Waals surface area contributed by atoms with Gasteiger partial charge in [-0.2, -0.15) is 0 Å². The van der Waals surface area contributed by atoms with Crippen LogP contribution in [0.1, 0.15) is 44.2 Å². The molecule has 6 nitrogen and oxygen atoms in total. The van der Waals surface area contributed by atoms with Crippen molar-refractivity contribution in [3.8, 4) is 11.5 Å². The lowest BCUT2D eigenvalue weighted by Crippen LogP contribution is -2.49. The number of amides is 2. The van der Waals surface area contributed by atoms with E-state index in [4.69, 9.17) is 9.47 Å². The number of carbonyl (C=O) groups excluding carboxylic acids is 2. The first-order chi connectivity index (χ1) is 14.4. The summed E-state index contributed by atoms with van der Waals surface area (Å²) in [6, 6.07) is 14.6. The van der Waals surface area contributed by atoms with E-state index >= 15 is 0 Å². The molecule has 162 valence electrons. The first-order valence-corrected chi connectivity index (χ1v) is 10.3. The predicted molar refractivity (Wildman–Crippen MR) is 118 cm³/mol. The third-order valence-corrected chi connectivity index (χ3v) is 5.01. The number of carbonyl (C=O) groups is 2. The van der Waals surface area contributed by atoms with Crippen LogP contribution in [-0.2, 0) is 16.1 Å². The molecular formula is C24H32N2O4. The van der Waals surface area contributed by atoms with Gasteiger partial charge in [-0.25, -0.2) is 0 Å². The van der Waals surface area contributed by atoms with Crippen molar-refractivity contribution in [1.82, 2.24) is 10.2 Å². The summed E-state index contributed by atoms with van der Waals surface area (Å²) in [7, 11) is 3.18. The third-order valence-electron chi connectivity index (χ3n) is 5.01. The van der Waals surface area contributed by atoms with Gasteiger partial charge >= 0.3 is 0 Å². The van der Waals surface area contributed by atoms with Crippen molar-refractivity contribution >= 4 is 11.8 Å². The summed E-state index contributed by atoms with van der Waals surface area (Å²) in [5.74, 6) is 1.23. The third kappa shape index (κ3) is 5.99. The lowest BCUT2D eigenvalue weighted by atomic mass is 10.0. The highest BCUT2D eigenvalue weighted by Crippen LogP contribution is 2.26. The number of methoxy groups -OCH3 is 1. The number of ether oxygens (including phenoxy) is 2. The van der Waals surface area contributed by atoms with E-state index in [1.54, 1.807) is 19.1 Å².